The van der Waals surface area contributed by atoms with Gasteiger partial charge in [0.1, 0.15) is 5.82 Å². The highest BCUT2D eigenvalue weighted by molar-refractivity contribution is 5.32. The van der Waals surface area contributed by atoms with Gasteiger partial charge in [-0.15, -0.1) is 0 Å². The molecule has 1 aromatic heterocycles. The Morgan fingerprint density at radius 1 is 1.21 bits per heavy atom. The maximum absolute atomic E-state index is 8.79. The van der Waals surface area contributed by atoms with Crippen LogP contribution in [0.2, 0.25) is 0 Å². The fourth-order valence-corrected chi connectivity index (χ4v) is 2.19. The van der Waals surface area contributed by atoms with Crippen molar-refractivity contribution in [3.05, 3.63) is 53.6 Å². The van der Waals surface area contributed by atoms with Crippen LogP contribution >= 0.6 is 0 Å². The van der Waals surface area contributed by atoms with Crippen molar-refractivity contribution in [2.24, 2.45) is 7.05 Å². The molecule has 0 aliphatic rings. The average molecular weight is 254 g/mol. The Hall–Kier alpha value is -2.12. The summed E-state index contributed by atoms with van der Waals surface area (Å²) >= 11 is 0. The predicted octanol–water partition coefficient (Wildman–Crippen LogP) is 2.70. The van der Waals surface area contributed by atoms with Crippen molar-refractivity contribution < 1.29 is 0 Å². The first kappa shape index (κ1) is 13.3. The van der Waals surface area contributed by atoms with Crippen molar-refractivity contribution in [2.75, 3.05) is 0 Å². The molecule has 1 heterocycles. The van der Waals surface area contributed by atoms with E-state index in [1.54, 1.807) is 6.20 Å². The zero-order valence-corrected chi connectivity index (χ0v) is 11.5. The number of hydrogen-bond acceptors (Lipinski definition) is 3. The van der Waals surface area contributed by atoms with Crippen LogP contribution in [0.1, 0.15) is 42.9 Å². The molecule has 98 valence electrons. The van der Waals surface area contributed by atoms with Crippen LogP contribution in [-0.4, -0.2) is 9.55 Å². The third kappa shape index (κ3) is 3.01. The van der Waals surface area contributed by atoms with Gasteiger partial charge in [0.05, 0.1) is 17.7 Å². The Bertz CT molecular complexity index is 577. The van der Waals surface area contributed by atoms with Crippen LogP contribution in [0.5, 0.6) is 0 Å². The quantitative estimate of drug-likeness (QED) is 0.912. The first-order valence-electron chi connectivity index (χ1n) is 6.35. The van der Waals surface area contributed by atoms with Crippen LogP contribution in [0.3, 0.4) is 0 Å². The molecular weight excluding hydrogens is 236 g/mol. The van der Waals surface area contributed by atoms with Crippen LogP contribution in [-0.2, 0) is 7.05 Å². The van der Waals surface area contributed by atoms with Crippen molar-refractivity contribution in [2.45, 2.75) is 25.9 Å². The van der Waals surface area contributed by atoms with Crippen LogP contribution in [0.4, 0.5) is 0 Å². The molecule has 0 aliphatic carbocycles. The summed E-state index contributed by atoms with van der Waals surface area (Å²) in [6, 6.07) is 10.2. The van der Waals surface area contributed by atoms with Gasteiger partial charge in [-0.1, -0.05) is 12.1 Å². The Morgan fingerprint density at radius 2 is 1.89 bits per heavy atom. The minimum absolute atomic E-state index is 0.172. The zero-order chi connectivity index (χ0) is 13.8. The fourth-order valence-electron chi connectivity index (χ4n) is 2.19. The van der Waals surface area contributed by atoms with E-state index in [4.69, 9.17) is 5.26 Å². The second kappa shape index (κ2) is 5.68. The zero-order valence-electron chi connectivity index (χ0n) is 11.5. The summed E-state index contributed by atoms with van der Waals surface area (Å²) in [5, 5.41) is 12.3. The molecule has 2 aromatic rings. The van der Waals surface area contributed by atoms with Gasteiger partial charge in [0.2, 0.25) is 0 Å². The lowest BCUT2D eigenvalue weighted by Gasteiger charge is -2.20. The predicted molar refractivity (Wildman–Crippen MR) is 74.3 cm³/mol. The Morgan fingerprint density at radius 3 is 2.42 bits per heavy atom. The molecule has 0 aliphatic heterocycles. The maximum atomic E-state index is 8.79. The number of nitriles is 1. The van der Waals surface area contributed by atoms with E-state index in [9.17, 15) is 0 Å². The Balaban J connectivity index is 2.06. The first-order chi connectivity index (χ1) is 9.11. The standard InChI is InChI=1S/C15H18N4/c1-11(14-6-4-13(10-16)5-7-14)18-12(2)15-17-8-9-19(15)3/h4-9,11-12,18H,1-3H3. The van der Waals surface area contributed by atoms with Gasteiger partial charge in [-0.25, -0.2) is 4.98 Å². The van der Waals surface area contributed by atoms with E-state index in [0.29, 0.717) is 5.56 Å². The molecule has 2 unspecified atom stereocenters. The number of benzene rings is 1. The number of nitrogens with zero attached hydrogens (tertiary/aromatic N) is 3. The summed E-state index contributed by atoms with van der Waals surface area (Å²) in [6.07, 6.45) is 3.75. The van der Waals surface area contributed by atoms with E-state index in [0.717, 1.165) is 5.82 Å². The highest BCUT2D eigenvalue weighted by Crippen LogP contribution is 2.18. The third-order valence-electron chi connectivity index (χ3n) is 3.29. The molecule has 4 nitrogen and oxygen atoms in total. The van der Waals surface area contributed by atoms with Gasteiger partial charge < -0.3 is 9.88 Å². The van der Waals surface area contributed by atoms with Gasteiger partial charge in [-0.05, 0) is 31.5 Å². The van der Waals surface area contributed by atoms with Gasteiger partial charge in [-0.2, -0.15) is 5.26 Å². The molecule has 19 heavy (non-hydrogen) atoms. The molecule has 0 amide bonds. The molecule has 1 N–H and O–H groups in total. The van der Waals surface area contributed by atoms with E-state index in [1.807, 2.05) is 42.1 Å². The second-order valence-corrected chi connectivity index (χ2v) is 4.74. The monoisotopic (exact) mass is 254 g/mol. The van der Waals surface area contributed by atoms with Gasteiger partial charge in [0, 0.05) is 25.5 Å². The van der Waals surface area contributed by atoms with Crippen molar-refractivity contribution in [1.82, 2.24) is 14.9 Å². The largest absolute Gasteiger partial charge is 0.337 e. The summed E-state index contributed by atoms with van der Waals surface area (Å²) in [5.74, 6) is 1.01. The molecular formula is C15H18N4. The van der Waals surface area contributed by atoms with Gasteiger partial charge in [0.15, 0.2) is 0 Å². The van der Waals surface area contributed by atoms with E-state index in [-0.39, 0.29) is 12.1 Å². The van der Waals surface area contributed by atoms with Crippen LogP contribution in [0, 0.1) is 11.3 Å². The van der Waals surface area contributed by atoms with Gasteiger partial charge in [0.25, 0.3) is 0 Å². The van der Waals surface area contributed by atoms with Crippen molar-refractivity contribution >= 4 is 0 Å². The number of aromatic nitrogens is 2. The van der Waals surface area contributed by atoms with Crippen LogP contribution in [0.25, 0.3) is 0 Å². The lowest BCUT2D eigenvalue weighted by atomic mass is 10.1. The lowest BCUT2D eigenvalue weighted by molar-refractivity contribution is 0.467. The minimum Gasteiger partial charge on any atom is -0.337 e. The fraction of sp³-hybridized carbons (Fsp3) is 0.333. The number of aryl methyl sites for hydroxylation is 1. The smallest absolute Gasteiger partial charge is 0.125 e. The van der Waals surface area contributed by atoms with Crippen LogP contribution in [0.15, 0.2) is 36.7 Å². The summed E-state index contributed by atoms with van der Waals surface area (Å²) in [6.45, 7) is 4.21. The molecule has 4 heteroatoms. The topological polar surface area (TPSA) is 53.6 Å². The van der Waals surface area contributed by atoms with Gasteiger partial charge >= 0.3 is 0 Å². The number of rotatable bonds is 4. The van der Waals surface area contributed by atoms with E-state index in [2.05, 4.69) is 30.2 Å². The minimum atomic E-state index is 0.172. The van der Waals surface area contributed by atoms with Crippen LogP contribution < -0.4 is 5.32 Å². The summed E-state index contributed by atoms with van der Waals surface area (Å²) < 4.78 is 2.02. The Kier molecular flexibility index (Phi) is 3.98. The molecule has 0 saturated heterocycles. The summed E-state index contributed by atoms with van der Waals surface area (Å²) in [7, 11) is 1.99. The SMILES string of the molecule is CC(NC(C)c1nccn1C)c1ccc(C#N)cc1. The molecule has 2 rings (SSSR count). The molecule has 0 spiro atoms. The first-order valence-corrected chi connectivity index (χ1v) is 6.35. The highest BCUT2D eigenvalue weighted by Gasteiger charge is 2.14. The number of nitrogens with one attached hydrogen (secondary N) is 1. The molecule has 0 bridgehead atoms. The Labute approximate surface area is 113 Å². The molecule has 1 aromatic carbocycles. The molecule has 2 atom stereocenters. The normalized spacial score (nSPS) is 13.8. The average Bonchev–Trinajstić information content (AvgIpc) is 2.85. The van der Waals surface area contributed by atoms with E-state index >= 15 is 0 Å². The molecule has 0 fully saturated rings. The summed E-state index contributed by atoms with van der Waals surface area (Å²) in [5.41, 5.74) is 1.85. The van der Waals surface area contributed by atoms with Crippen molar-refractivity contribution in [3.8, 4) is 6.07 Å². The van der Waals surface area contributed by atoms with Crippen molar-refractivity contribution in [1.29, 1.82) is 5.26 Å². The van der Waals surface area contributed by atoms with Crippen molar-refractivity contribution in [3.63, 3.8) is 0 Å². The van der Waals surface area contributed by atoms with Gasteiger partial charge in [-0.3, -0.25) is 0 Å². The summed E-state index contributed by atoms with van der Waals surface area (Å²) in [4.78, 5) is 4.35. The third-order valence-corrected chi connectivity index (χ3v) is 3.29. The lowest BCUT2D eigenvalue weighted by Crippen LogP contribution is -2.24. The second-order valence-electron chi connectivity index (χ2n) is 4.74. The maximum Gasteiger partial charge on any atom is 0.125 e. The number of imidazole rings is 1. The highest BCUT2D eigenvalue weighted by atomic mass is 15.1. The number of hydrogen-bond donors (Lipinski definition) is 1. The van der Waals surface area contributed by atoms with E-state index in [1.165, 1.54) is 5.56 Å². The molecule has 0 saturated carbocycles. The molecule has 0 radical (unpaired) electrons. The van der Waals surface area contributed by atoms with E-state index < -0.39 is 0 Å².